The summed E-state index contributed by atoms with van der Waals surface area (Å²) in [6, 6.07) is -0.824. The Morgan fingerprint density at radius 3 is 2.04 bits per heavy atom. The number of amides is 1. The van der Waals surface area contributed by atoms with Crippen LogP contribution < -0.4 is 5.73 Å². The normalized spacial score (nSPS) is 16.9. The molecule has 0 aliphatic carbocycles. The highest BCUT2D eigenvalue weighted by molar-refractivity contribution is 5.82. The minimum atomic E-state index is -0.574. The van der Waals surface area contributed by atoms with E-state index < -0.39 is 17.7 Å². The molecule has 3 unspecified atom stereocenters. The number of carbonyl (C=O) groups is 2. The Kier molecular flexibility index (Phi) is 9.66. The Bertz CT molecular complexity index is 432. The predicted octanol–water partition coefficient (Wildman–Crippen LogP) is 2.59. The zero-order chi connectivity index (χ0) is 19.9. The van der Waals surface area contributed by atoms with Crippen molar-refractivity contribution in [3.63, 3.8) is 0 Å². The molecule has 4 atom stereocenters. The largest absolute Gasteiger partial charge is 0.460 e. The van der Waals surface area contributed by atoms with Crippen LogP contribution >= 0.6 is 0 Å². The zero-order valence-corrected chi connectivity index (χ0v) is 17.5. The smallest absolute Gasteiger partial charge is 0.309 e. The lowest BCUT2D eigenvalue weighted by Gasteiger charge is -2.39. The van der Waals surface area contributed by atoms with E-state index in [-0.39, 0.29) is 36.2 Å². The Balaban J connectivity index is 5.39. The van der Waals surface area contributed by atoms with Gasteiger partial charge in [0, 0.05) is 14.2 Å². The van der Waals surface area contributed by atoms with Crippen molar-refractivity contribution in [1.82, 2.24) is 4.90 Å². The average molecular weight is 359 g/mol. The van der Waals surface area contributed by atoms with E-state index in [0.29, 0.717) is 0 Å². The van der Waals surface area contributed by atoms with Gasteiger partial charge in [0.25, 0.3) is 0 Å². The van der Waals surface area contributed by atoms with Crippen molar-refractivity contribution in [2.45, 2.75) is 85.1 Å². The van der Waals surface area contributed by atoms with Crippen LogP contribution in [0.3, 0.4) is 0 Å². The summed E-state index contributed by atoms with van der Waals surface area (Å²) in [5, 5.41) is 0. The van der Waals surface area contributed by atoms with Crippen molar-refractivity contribution in [3.8, 4) is 0 Å². The highest BCUT2D eigenvalue weighted by Crippen LogP contribution is 2.23. The summed E-state index contributed by atoms with van der Waals surface area (Å²) >= 11 is 0. The minimum Gasteiger partial charge on any atom is -0.460 e. The number of rotatable bonds is 9. The maximum absolute atomic E-state index is 12.7. The molecule has 0 bridgehead atoms. The average Bonchev–Trinajstić information content (AvgIpc) is 2.49. The first kappa shape index (κ1) is 23.9. The molecule has 148 valence electrons. The maximum atomic E-state index is 12.7. The quantitative estimate of drug-likeness (QED) is 0.641. The van der Waals surface area contributed by atoms with E-state index in [1.165, 1.54) is 0 Å². The number of esters is 1. The summed E-state index contributed by atoms with van der Waals surface area (Å²) in [5.74, 6) is -0.270. The fraction of sp³-hybridized carbons (Fsp3) is 0.895. The van der Waals surface area contributed by atoms with Crippen molar-refractivity contribution in [2.24, 2.45) is 17.6 Å². The van der Waals surface area contributed by atoms with Gasteiger partial charge in [0.1, 0.15) is 5.60 Å². The van der Waals surface area contributed by atoms with Gasteiger partial charge in [-0.15, -0.1) is 0 Å². The van der Waals surface area contributed by atoms with E-state index in [4.69, 9.17) is 15.2 Å². The first-order chi connectivity index (χ1) is 11.4. The van der Waals surface area contributed by atoms with Gasteiger partial charge >= 0.3 is 5.97 Å². The van der Waals surface area contributed by atoms with Crippen molar-refractivity contribution in [2.75, 3.05) is 14.2 Å². The second-order valence-corrected chi connectivity index (χ2v) is 8.16. The van der Waals surface area contributed by atoms with Crippen LogP contribution in [0.15, 0.2) is 0 Å². The zero-order valence-electron chi connectivity index (χ0n) is 17.5. The standard InChI is InChI=1S/C19H38N2O4/c1-10-13(4)17(21(8)18(23)16(20)12(2)3)14(24-9)11-15(22)25-19(5,6)7/h12-14,16-17H,10-11,20H2,1-9H3/t13?,14?,16-,17?/m0/s1. The summed E-state index contributed by atoms with van der Waals surface area (Å²) in [6.07, 6.45) is 0.503. The number of hydrogen-bond donors (Lipinski definition) is 1. The van der Waals surface area contributed by atoms with Crippen LogP contribution in [0.1, 0.15) is 61.3 Å². The van der Waals surface area contributed by atoms with Crippen LogP contribution in [0.2, 0.25) is 0 Å². The number of hydrogen-bond acceptors (Lipinski definition) is 5. The first-order valence-electron chi connectivity index (χ1n) is 9.12. The maximum Gasteiger partial charge on any atom is 0.309 e. The third-order valence-corrected chi connectivity index (χ3v) is 4.50. The van der Waals surface area contributed by atoms with Gasteiger partial charge in [-0.1, -0.05) is 34.1 Å². The second kappa shape index (κ2) is 10.1. The summed E-state index contributed by atoms with van der Waals surface area (Å²) in [4.78, 5) is 26.6. The van der Waals surface area contributed by atoms with E-state index in [1.54, 1.807) is 19.1 Å². The molecule has 0 aromatic heterocycles. The van der Waals surface area contributed by atoms with Gasteiger partial charge in [0.15, 0.2) is 0 Å². The molecule has 0 heterocycles. The van der Waals surface area contributed by atoms with Crippen molar-refractivity contribution >= 4 is 11.9 Å². The molecular weight excluding hydrogens is 320 g/mol. The molecular formula is C19H38N2O4. The molecule has 25 heavy (non-hydrogen) atoms. The van der Waals surface area contributed by atoms with Gasteiger partial charge < -0.3 is 20.1 Å². The Morgan fingerprint density at radius 2 is 1.68 bits per heavy atom. The first-order valence-corrected chi connectivity index (χ1v) is 9.12. The molecule has 0 saturated heterocycles. The van der Waals surface area contributed by atoms with Crippen LogP contribution in [-0.4, -0.2) is 54.7 Å². The molecule has 0 fully saturated rings. The Morgan fingerprint density at radius 1 is 1.16 bits per heavy atom. The molecule has 2 N–H and O–H groups in total. The van der Waals surface area contributed by atoms with Gasteiger partial charge in [-0.2, -0.15) is 0 Å². The highest BCUT2D eigenvalue weighted by Gasteiger charge is 2.36. The van der Waals surface area contributed by atoms with Crippen molar-refractivity contribution < 1.29 is 19.1 Å². The molecule has 0 aromatic carbocycles. The number of likely N-dealkylation sites (N-methyl/N-ethyl adjacent to an activating group) is 1. The molecule has 0 rings (SSSR count). The predicted molar refractivity (Wildman–Crippen MR) is 100 cm³/mol. The van der Waals surface area contributed by atoms with E-state index >= 15 is 0 Å². The molecule has 6 nitrogen and oxygen atoms in total. The molecule has 0 spiro atoms. The Labute approximate surface area is 153 Å². The lowest BCUT2D eigenvalue weighted by molar-refractivity contribution is -0.160. The second-order valence-electron chi connectivity index (χ2n) is 8.16. The van der Waals surface area contributed by atoms with E-state index in [9.17, 15) is 9.59 Å². The van der Waals surface area contributed by atoms with Crippen LogP contribution in [0.5, 0.6) is 0 Å². The lowest BCUT2D eigenvalue weighted by atomic mass is 9.90. The monoisotopic (exact) mass is 358 g/mol. The number of nitrogens with two attached hydrogens (primary N) is 1. The van der Waals surface area contributed by atoms with Crippen LogP contribution in [0.4, 0.5) is 0 Å². The molecule has 0 aliphatic heterocycles. The lowest BCUT2D eigenvalue weighted by Crippen LogP contribution is -2.55. The van der Waals surface area contributed by atoms with E-state index in [0.717, 1.165) is 6.42 Å². The number of methoxy groups -OCH3 is 1. The van der Waals surface area contributed by atoms with Gasteiger partial charge in [-0.25, -0.2) is 0 Å². The Hall–Kier alpha value is -1.14. The summed E-state index contributed by atoms with van der Waals surface area (Å²) in [5.41, 5.74) is 5.49. The molecule has 6 heteroatoms. The summed E-state index contributed by atoms with van der Waals surface area (Å²) in [7, 11) is 3.30. The van der Waals surface area contributed by atoms with Crippen molar-refractivity contribution in [3.05, 3.63) is 0 Å². The SMILES string of the molecule is CCC(C)C(C(CC(=O)OC(C)(C)C)OC)N(C)C(=O)[C@@H](N)C(C)C. The van der Waals surface area contributed by atoms with E-state index in [1.807, 2.05) is 34.6 Å². The molecule has 1 amide bonds. The van der Waals surface area contributed by atoms with Gasteiger partial charge in [0.05, 0.1) is 24.6 Å². The minimum absolute atomic E-state index is 0.0411. The number of carbonyl (C=O) groups excluding carboxylic acids is 2. The third-order valence-electron chi connectivity index (χ3n) is 4.50. The summed E-state index contributed by atoms with van der Waals surface area (Å²) in [6.45, 7) is 13.4. The summed E-state index contributed by atoms with van der Waals surface area (Å²) < 4.78 is 11.0. The molecule has 0 aliphatic rings. The van der Waals surface area contributed by atoms with E-state index in [2.05, 4.69) is 13.8 Å². The fourth-order valence-corrected chi connectivity index (χ4v) is 2.80. The molecule has 0 saturated carbocycles. The van der Waals surface area contributed by atoms with Crippen LogP contribution in [0.25, 0.3) is 0 Å². The van der Waals surface area contributed by atoms with Gasteiger partial charge in [-0.3, -0.25) is 9.59 Å². The number of nitrogens with zero attached hydrogens (tertiary/aromatic N) is 1. The van der Waals surface area contributed by atoms with Crippen LogP contribution in [-0.2, 0) is 19.1 Å². The molecule has 0 radical (unpaired) electrons. The van der Waals surface area contributed by atoms with Gasteiger partial charge in [0.2, 0.25) is 5.91 Å². The number of ether oxygens (including phenoxy) is 2. The third kappa shape index (κ3) is 7.74. The fourth-order valence-electron chi connectivity index (χ4n) is 2.80. The van der Waals surface area contributed by atoms with Crippen molar-refractivity contribution in [1.29, 1.82) is 0 Å². The van der Waals surface area contributed by atoms with Gasteiger partial charge in [-0.05, 0) is 32.6 Å². The van der Waals surface area contributed by atoms with Crippen LogP contribution in [0, 0.1) is 11.8 Å². The molecule has 0 aromatic rings. The topological polar surface area (TPSA) is 81.9 Å². The highest BCUT2D eigenvalue weighted by atomic mass is 16.6.